The number of nitrogens with zero attached hydrogens (tertiary/aromatic N) is 2. The fourth-order valence-corrected chi connectivity index (χ4v) is 2.58. The highest BCUT2D eigenvalue weighted by Gasteiger charge is 2.13. The molecule has 1 aromatic heterocycles. The summed E-state index contributed by atoms with van der Waals surface area (Å²) in [6.07, 6.45) is 4.27. The van der Waals surface area contributed by atoms with E-state index in [4.69, 9.17) is 11.6 Å². The van der Waals surface area contributed by atoms with Gasteiger partial charge in [-0.2, -0.15) is 0 Å². The van der Waals surface area contributed by atoms with E-state index in [1.54, 1.807) is 6.08 Å². The van der Waals surface area contributed by atoms with Gasteiger partial charge in [0.2, 0.25) is 5.91 Å². The highest BCUT2D eigenvalue weighted by atomic mass is 35.5. The second-order valence-electron chi connectivity index (χ2n) is 5.14. The first-order chi connectivity index (χ1) is 10.7. The highest BCUT2D eigenvalue weighted by molar-refractivity contribution is 6.31. The minimum Gasteiger partial charge on any atom is -0.345 e. The molecular weight excluding hydrogens is 296 g/mol. The van der Waals surface area contributed by atoms with Gasteiger partial charge in [-0.15, -0.1) is 6.58 Å². The lowest BCUT2D eigenvalue weighted by molar-refractivity contribution is -0.131. The fourth-order valence-electron chi connectivity index (χ4n) is 2.39. The number of hydrogen-bond donors (Lipinski definition) is 0. The molecule has 0 N–H and O–H groups in total. The monoisotopic (exact) mass is 316 g/mol. The molecule has 0 saturated heterocycles. The molecule has 1 aromatic carbocycles. The van der Waals surface area contributed by atoms with Crippen LogP contribution in [0.4, 0.5) is 0 Å². The largest absolute Gasteiger partial charge is 0.345 e. The molecule has 0 saturated carbocycles. The van der Waals surface area contributed by atoms with Gasteiger partial charge in [-0.3, -0.25) is 4.79 Å². The number of rotatable bonds is 7. The zero-order valence-electron chi connectivity index (χ0n) is 12.8. The number of carbonyl (C=O) groups excluding carboxylic acids is 1. The van der Waals surface area contributed by atoms with Crippen molar-refractivity contribution in [2.45, 2.75) is 26.4 Å². The number of halogens is 1. The van der Waals surface area contributed by atoms with Crippen LogP contribution in [-0.2, 0) is 17.9 Å². The Balaban J connectivity index is 2.16. The number of amides is 1. The average Bonchev–Trinajstić information content (AvgIpc) is 2.95. The number of aromatic nitrogens is 1. The molecule has 22 heavy (non-hydrogen) atoms. The zero-order valence-corrected chi connectivity index (χ0v) is 13.6. The van der Waals surface area contributed by atoms with Crippen LogP contribution in [0.25, 0.3) is 0 Å². The molecule has 2 aromatic rings. The third kappa shape index (κ3) is 4.01. The van der Waals surface area contributed by atoms with Gasteiger partial charge in [0.05, 0.1) is 6.54 Å². The molecule has 0 spiro atoms. The molecule has 4 heteroatoms. The molecule has 0 atom stereocenters. The van der Waals surface area contributed by atoms with Crippen molar-refractivity contribution in [3.05, 3.63) is 71.5 Å². The van der Waals surface area contributed by atoms with E-state index >= 15 is 0 Å². The van der Waals surface area contributed by atoms with Gasteiger partial charge in [0.15, 0.2) is 0 Å². The van der Waals surface area contributed by atoms with Crippen molar-refractivity contribution in [3.63, 3.8) is 0 Å². The second-order valence-corrected chi connectivity index (χ2v) is 5.54. The molecular formula is C18H21ClN2O. The molecule has 0 radical (unpaired) electrons. The van der Waals surface area contributed by atoms with Crippen LogP contribution in [0.3, 0.4) is 0 Å². The Morgan fingerprint density at radius 3 is 2.77 bits per heavy atom. The first-order valence-corrected chi connectivity index (χ1v) is 7.79. The van der Waals surface area contributed by atoms with E-state index in [0.717, 1.165) is 16.3 Å². The Labute approximate surface area is 136 Å². The quantitative estimate of drug-likeness (QED) is 0.706. The second kappa shape index (κ2) is 7.85. The van der Waals surface area contributed by atoms with Crippen molar-refractivity contribution in [3.8, 4) is 0 Å². The summed E-state index contributed by atoms with van der Waals surface area (Å²) in [6, 6.07) is 11.9. The first kappa shape index (κ1) is 16.4. The summed E-state index contributed by atoms with van der Waals surface area (Å²) in [6.45, 7) is 7.44. The van der Waals surface area contributed by atoms with Crippen molar-refractivity contribution in [1.29, 1.82) is 0 Å². The first-order valence-electron chi connectivity index (χ1n) is 7.41. The van der Waals surface area contributed by atoms with Gasteiger partial charge < -0.3 is 9.47 Å². The van der Waals surface area contributed by atoms with E-state index in [9.17, 15) is 4.79 Å². The lowest BCUT2D eigenvalue weighted by atomic mass is 10.2. The zero-order chi connectivity index (χ0) is 15.9. The smallest absolute Gasteiger partial charge is 0.222 e. The third-order valence-electron chi connectivity index (χ3n) is 3.58. The van der Waals surface area contributed by atoms with E-state index in [1.807, 2.05) is 54.4 Å². The van der Waals surface area contributed by atoms with Crippen LogP contribution in [-0.4, -0.2) is 21.9 Å². The van der Waals surface area contributed by atoms with Crippen LogP contribution in [0.2, 0.25) is 5.02 Å². The summed E-state index contributed by atoms with van der Waals surface area (Å²) >= 11 is 6.23. The lowest BCUT2D eigenvalue weighted by Crippen LogP contribution is -2.30. The lowest BCUT2D eigenvalue weighted by Gasteiger charge is -2.22. The van der Waals surface area contributed by atoms with Gasteiger partial charge in [-0.05, 0) is 23.8 Å². The normalized spacial score (nSPS) is 10.5. The van der Waals surface area contributed by atoms with Crippen molar-refractivity contribution in [2.24, 2.45) is 0 Å². The molecule has 3 nitrogen and oxygen atoms in total. The van der Waals surface area contributed by atoms with Crippen molar-refractivity contribution in [2.75, 3.05) is 6.54 Å². The standard InChI is InChI=1S/C18H21ClN2O/c1-3-11-21(18(22)4-2)14-16-9-7-12-20(16)13-15-8-5-6-10-17(15)19/h3,5-10,12H,1,4,11,13-14H2,2H3. The van der Waals surface area contributed by atoms with Gasteiger partial charge in [-0.1, -0.05) is 42.8 Å². The maximum Gasteiger partial charge on any atom is 0.222 e. The number of hydrogen-bond acceptors (Lipinski definition) is 1. The Morgan fingerprint density at radius 2 is 2.09 bits per heavy atom. The van der Waals surface area contributed by atoms with E-state index in [0.29, 0.717) is 26.1 Å². The van der Waals surface area contributed by atoms with E-state index in [1.165, 1.54) is 0 Å². The molecule has 0 aliphatic rings. The molecule has 116 valence electrons. The molecule has 1 heterocycles. The van der Waals surface area contributed by atoms with Crippen molar-refractivity contribution >= 4 is 17.5 Å². The Kier molecular flexibility index (Phi) is 5.84. The SMILES string of the molecule is C=CCN(Cc1cccn1Cc1ccccc1Cl)C(=O)CC. The topological polar surface area (TPSA) is 25.2 Å². The van der Waals surface area contributed by atoms with Crippen molar-refractivity contribution < 1.29 is 4.79 Å². The molecule has 2 rings (SSSR count). The molecule has 0 aliphatic heterocycles. The highest BCUT2D eigenvalue weighted by Crippen LogP contribution is 2.18. The summed E-state index contributed by atoms with van der Waals surface area (Å²) in [7, 11) is 0. The van der Waals surface area contributed by atoms with Crippen LogP contribution in [0.15, 0.2) is 55.3 Å². The maximum atomic E-state index is 12.0. The van der Waals surface area contributed by atoms with Crippen LogP contribution in [0.1, 0.15) is 24.6 Å². The van der Waals surface area contributed by atoms with Crippen LogP contribution < -0.4 is 0 Å². The molecule has 0 fully saturated rings. The van der Waals surface area contributed by atoms with Crippen LogP contribution in [0, 0.1) is 0 Å². The Bertz CT molecular complexity index is 648. The maximum absolute atomic E-state index is 12.0. The average molecular weight is 317 g/mol. The predicted octanol–water partition coefficient (Wildman–Crippen LogP) is 4.11. The number of carbonyl (C=O) groups is 1. The van der Waals surface area contributed by atoms with E-state index < -0.39 is 0 Å². The summed E-state index contributed by atoms with van der Waals surface area (Å²) in [5, 5.41) is 0.759. The molecule has 0 unspecified atom stereocenters. The molecule has 1 amide bonds. The van der Waals surface area contributed by atoms with Crippen LogP contribution in [0.5, 0.6) is 0 Å². The van der Waals surface area contributed by atoms with E-state index in [2.05, 4.69) is 11.1 Å². The van der Waals surface area contributed by atoms with Gasteiger partial charge in [-0.25, -0.2) is 0 Å². The summed E-state index contributed by atoms with van der Waals surface area (Å²) in [5.74, 6) is 0.130. The van der Waals surface area contributed by atoms with Crippen LogP contribution >= 0.6 is 11.6 Å². The van der Waals surface area contributed by atoms with Gasteiger partial charge in [0.25, 0.3) is 0 Å². The summed E-state index contributed by atoms with van der Waals surface area (Å²) in [4.78, 5) is 13.8. The summed E-state index contributed by atoms with van der Waals surface area (Å²) < 4.78 is 2.13. The predicted molar refractivity (Wildman–Crippen MR) is 90.9 cm³/mol. The number of benzene rings is 1. The molecule has 0 bridgehead atoms. The summed E-state index contributed by atoms with van der Waals surface area (Å²) in [5.41, 5.74) is 2.15. The van der Waals surface area contributed by atoms with Gasteiger partial charge in [0, 0.05) is 36.4 Å². The molecule has 0 aliphatic carbocycles. The minimum atomic E-state index is 0.130. The van der Waals surface area contributed by atoms with Gasteiger partial charge in [0.1, 0.15) is 0 Å². The fraction of sp³-hybridized carbons (Fsp3) is 0.278. The van der Waals surface area contributed by atoms with Crippen molar-refractivity contribution in [1.82, 2.24) is 9.47 Å². The third-order valence-corrected chi connectivity index (χ3v) is 3.95. The minimum absolute atomic E-state index is 0.130. The van der Waals surface area contributed by atoms with Gasteiger partial charge >= 0.3 is 0 Å². The Hall–Kier alpha value is -2.00. The Morgan fingerprint density at radius 1 is 1.32 bits per heavy atom. The van der Waals surface area contributed by atoms with E-state index in [-0.39, 0.29) is 5.91 Å².